The Labute approximate surface area is 177 Å². The average Bonchev–Trinajstić information content (AvgIpc) is 2.86. The lowest BCUT2D eigenvalue weighted by Gasteiger charge is -2.30. The second kappa shape index (κ2) is 7.85. The van der Waals surface area contributed by atoms with Crippen LogP contribution in [0.4, 0.5) is 14.6 Å². The predicted molar refractivity (Wildman–Crippen MR) is 112 cm³/mol. The van der Waals surface area contributed by atoms with E-state index in [0.717, 1.165) is 6.07 Å². The van der Waals surface area contributed by atoms with Gasteiger partial charge in [0.05, 0.1) is 22.0 Å². The fraction of sp³-hybridized carbons (Fsp3) is 0.333. The minimum atomic E-state index is -0.845. The van der Waals surface area contributed by atoms with Gasteiger partial charge in [-0.2, -0.15) is 0 Å². The molecule has 0 amide bonds. The highest BCUT2D eigenvalue weighted by Gasteiger charge is 2.32. The normalized spacial score (nSPS) is 17.0. The van der Waals surface area contributed by atoms with Crippen molar-refractivity contribution in [2.75, 3.05) is 25.1 Å². The summed E-state index contributed by atoms with van der Waals surface area (Å²) in [5.41, 5.74) is -0.669. The Kier molecular flexibility index (Phi) is 5.38. The fourth-order valence-corrected chi connectivity index (χ4v) is 4.00. The molecule has 1 aliphatic heterocycles. The highest BCUT2D eigenvalue weighted by atomic mass is 35.5. The largest absolute Gasteiger partial charge is 0.507 e. The molecule has 0 saturated heterocycles. The summed E-state index contributed by atoms with van der Waals surface area (Å²) in [6, 6.07) is 3.77. The van der Waals surface area contributed by atoms with Crippen molar-refractivity contribution < 1.29 is 18.6 Å². The number of hydrogen-bond acceptors (Lipinski definition) is 6. The van der Waals surface area contributed by atoms with Crippen LogP contribution in [0.5, 0.6) is 11.5 Å². The van der Waals surface area contributed by atoms with Crippen molar-refractivity contribution in [2.24, 2.45) is 0 Å². The van der Waals surface area contributed by atoms with E-state index < -0.39 is 17.4 Å². The maximum Gasteiger partial charge on any atom is 0.159 e. The van der Waals surface area contributed by atoms with Crippen molar-refractivity contribution in [1.82, 2.24) is 15.3 Å². The number of benzene rings is 2. The number of anilines is 1. The number of aromatic hydroxyl groups is 1. The summed E-state index contributed by atoms with van der Waals surface area (Å²) in [7, 11) is 1.86. The number of ether oxygens (including phenoxy) is 1. The van der Waals surface area contributed by atoms with Crippen LogP contribution in [0.3, 0.4) is 0 Å². The molecule has 4 rings (SSSR count). The van der Waals surface area contributed by atoms with Gasteiger partial charge in [-0.15, -0.1) is 0 Å². The molecule has 2 N–H and O–H groups in total. The van der Waals surface area contributed by atoms with Crippen LogP contribution in [0.15, 0.2) is 24.5 Å². The number of nitrogens with one attached hydrogen (secondary N) is 1. The van der Waals surface area contributed by atoms with Crippen LogP contribution in [-0.2, 0) is 0 Å². The van der Waals surface area contributed by atoms with Crippen LogP contribution in [-0.4, -0.2) is 47.4 Å². The molecular formula is C21H21ClF2N4O2. The van der Waals surface area contributed by atoms with E-state index in [2.05, 4.69) is 15.3 Å². The molecule has 2 atom stereocenters. The smallest absolute Gasteiger partial charge is 0.159 e. The lowest BCUT2D eigenvalue weighted by Crippen LogP contribution is -2.44. The van der Waals surface area contributed by atoms with Crippen molar-refractivity contribution in [3.8, 4) is 22.6 Å². The van der Waals surface area contributed by atoms with Crippen molar-refractivity contribution in [3.63, 3.8) is 0 Å². The van der Waals surface area contributed by atoms with Gasteiger partial charge in [0.1, 0.15) is 35.8 Å². The Bertz CT molecular complexity index is 1110. The molecule has 3 aromatic rings. The number of aromatic nitrogens is 2. The molecule has 0 fully saturated rings. The first-order valence-electron chi connectivity index (χ1n) is 9.55. The molecule has 158 valence electrons. The van der Waals surface area contributed by atoms with Crippen LogP contribution in [0.1, 0.15) is 13.8 Å². The molecule has 0 spiro atoms. The minimum Gasteiger partial charge on any atom is -0.507 e. The third-order valence-electron chi connectivity index (χ3n) is 5.38. The van der Waals surface area contributed by atoms with Gasteiger partial charge in [-0.25, -0.2) is 18.7 Å². The van der Waals surface area contributed by atoms with Crippen LogP contribution in [0.25, 0.3) is 22.0 Å². The first kappa shape index (κ1) is 20.6. The maximum absolute atomic E-state index is 15.6. The van der Waals surface area contributed by atoms with Gasteiger partial charge in [0.15, 0.2) is 11.6 Å². The molecule has 1 aromatic heterocycles. The van der Waals surface area contributed by atoms with Crippen LogP contribution >= 0.6 is 11.6 Å². The molecule has 9 heteroatoms. The number of hydrogen-bond donors (Lipinski definition) is 2. The van der Waals surface area contributed by atoms with Crippen LogP contribution in [0.2, 0.25) is 5.02 Å². The van der Waals surface area contributed by atoms with Crippen LogP contribution < -0.4 is 15.0 Å². The Hall–Kier alpha value is -2.71. The molecule has 6 nitrogen and oxygen atoms in total. The summed E-state index contributed by atoms with van der Waals surface area (Å²) >= 11 is 6.55. The summed E-state index contributed by atoms with van der Waals surface area (Å²) in [5.74, 6) is -1.41. The zero-order chi connectivity index (χ0) is 21.6. The molecule has 1 aliphatic rings. The van der Waals surface area contributed by atoms with E-state index >= 15 is 4.39 Å². The van der Waals surface area contributed by atoms with Crippen molar-refractivity contribution in [1.29, 1.82) is 0 Å². The fourth-order valence-electron chi connectivity index (χ4n) is 3.68. The third kappa shape index (κ3) is 3.20. The number of phenols is 1. The monoisotopic (exact) mass is 434 g/mol. The lowest BCUT2D eigenvalue weighted by atomic mass is 10.00. The second-order valence-electron chi connectivity index (χ2n) is 7.39. The maximum atomic E-state index is 15.6. The minimum absolute atomic E-state index is 0.0479. The highest BCUT2D eigenvalue weighted by Crippen LogP contribution is 2.49. The van der Waals surface area contributed by atoms with Crippen LogP contribution in [0, 0.1) is 11.6 Å². The van der Waals surface area contributed by atoms with E-state index in [-0.39, 0.29) is 46.1 Å². The first-order chi connectivity index (χ1) is 14.3. The average molecular weight is 435 g/mol. The van der Waals surface area contributed by atoms with Gasteiger partial charge in [-0.1, -0.05) is 17.7 Å². The zero-order valence-corrected chi connectivity index (χ0v) is 17.5. The molecule has 2 aromatic carbocycles. The first-order valence-corrected chi connectivity index (χ1v) is 9.93. The third-order valence-corrected chi connectivity index (χ3v) is 5.74. The number of nitrogens with zero attached hydrogens (tertiary/aromatic N) is 3. The Morgan fingerprint density at radius 3 is 2.80 bits per heavy atom. The zero-order valence-electron chi connectivity index (χ0n) is 16.7. The van der Waals surface area contributed by atoms with E-state index in [9.17, 15) is 9.50 Å². The number of rotatable bonds is 4. The van der Waals surface area contributed by atoms with E-state index in [1.807, 2.05) is 25.8 Å². The Morgan fingerprint density at radius 2 is 2.10 bits per heavy atom. The molecule has 2 heterocycles. The summed E-state index contributed by atoms with van der Waals surface area (Å²) in [5, 5.41) is 13.6. The molecule has 0 unspecified atom stereocenters. The molecule has 0 aliphatic carbocycles. The summed E-state index contributed by atoms with van der Waals surface area (Å²) in [4.78, 5) is 10.5. The molecule has 0 saturated carbocycles. The highest BCUT2D eigenvalue weighted by molar-refractivity contribution is 6.36. The summed E-state index contributed by atoms with van der Waals surface area (Å²) < 4.78 is 36.1. The SMILES string of the molecule is CN[C@H](C)CN1c2ncnc3c(F)c(-c4c(O)cccc4F)c(Cl)c(c23)OC[C@@H]1C. The van der Waals surface area contributed by atoms with Crippen molar-refractivity contribution in [3.05, 3.63) is 41.2 Å². The van der Waals surface area contributed by atoms with E-state index in [4.69, 9.17) is 16.3 Å². The Balaban J connectivity index is 2.04. The Morgan fingerprint density at radius 1 is 1.33 bits per heavy atom. The number of phenolic OH excluding ortho intramolecular Hbond substituents is 1. The lowest BCUT2D eigenvalue weighted by molar-refractivity contribution is 0.294. The second-order valence-corrected chi connectivity index (χ2v) is 7.77. The van der Waals surface area contributed by atoms with E-state index in [1.165, 1.54) is 18.5 Å². The molecule has 0 bridgehead atoms. The molecule has 0 radical (unpaired) electrons. The van der Waals surface area contributed by atoms with Gasteiger partial charge >= 0.3 is 0 Å². The van der Waals surface area contributed by atoms with Crippen molar-refractivity contribution in [2.45, 2.75) is 25.9 Å². The van der Waals surface area contributed by atoms with Gasteiger partial charge < -0.3 is 20.1 Å². The summed E-state index contributed by atoms with van der Waals surface area (Å²) in [6.45, 7) is 4.85. The molecular weight excluding hydrogens is 414 g/mol. The standard InChI is InChI=1S/C21H21ClF2N4O2/c1-10(25-3)7-28-11(2)8-30-20-16-19(26-9-27-21(16)28)18(24)15(17(20)22)14-12(23)5-4-6-13(14)29/h4-6,9-11,25,29H,7-8H2,1-3H3/t10-,11+/m1/s1. The van der Waals surface area contributed by atoms with E-state index in [1.54, 1.807) is 0 Å². The van der Waals surface area contributed by atoms with Gasteiger partial charge in [0, 0.05) is 18.2 Å². The number of likely N-dealkylation sites (N-methyl/N-ethyl adjacent to an activating group) is 1. The number of halogens is 3. The van der Waals surface area contributed by atoms with Gasteiger partial charge in [-0.3, -0.25) is 0 Å². The predicted octanol–water partition coefficient (Wildman–Crippen LogP) is 4.13. The van der Waals surface area contributed by atoms with Gasteiger partial charge in [0.2, 0.25) is 0 Å². The van der Waals surface area contributed by atoms with E-state index in [0.29, 0.717) is 17.7 Å². The summed E-state index contributed by atoms with van der Waals surface area (Å²) in [6.07, 6.45) is 1.26. The quantitative estimate of drug-likeness (QED) is 0.643. The molecule has 30 heavy (non-hydrogen) atoms. The van der Waals surface area contributed by atoms with Gasteiger partial charge in [0.25, 0.3) is 0 Å². The van der Waals surface area contributed by atoms with Gasteiger partial charge in [-0.05, 0) is 33.0 Å². The van der Waals surface area contributed by atoms with Crippen molar-refractivity contribution >= 4 is 28.3 Å². The topological polar surface area (TPSA) is 70.5 Å².